The second-order valence-electron chi connectivity index (χ2n) is 11.4. The summed E-state index contributed by atoms with van der Waals surface area (Å²) in [7, 11) is -9.45. The van der Waals surface area contributed by atoms with Gasteiger partial charge in [0.05, 0.1) is 6.10 Å². The van der Waals surface area contributed by atoms with E-state index in [-0.39, 0.29) is 20.2 Å². The lowest BCUT2D eigenvalue weighted by Crippen LogP contribution is -2.38. The predicted molar refractivity (Wildman–Crippen MR) is 200 cm³/mol. The van der Waals surface area contributed by atoms with Crippen LogP contribution in [0.25, 0.3) is 31.1 Å². The summed E-state index contributed by atoms with van der Waals surface area (Å²) < 4.78 is 67.9. The number of para-hydroxylation sites is 1. The molecule has 48 heavy (non-hydrogen) atoms. The molecule has 0 amide bonds. The monoisotopic (exact) mass is 763 g/mol. The van der Waals surface area contributed by atoms with Gasteiger partial charge < -0.3 is 14.6 Å². The topological polar surface area (TPSA) is 102 Å². The molecule has 1 N–H and O–H groups in total. The number of aromatic nitrogens is 1. The van der Waals surface area contributed by atoms with Gasteiger partial charge in [-0.1, -0.05) is 49.2 Å². The molecule has 0 spiro atoms. The van der Waals surface area contributed by atoms with E-state index in [4.69, 9.17) is 27.9 Å². The zero-order valence-electron chi connectivity index (χ0n) is 27.0. The number of fused-ring (bicyclic) bond motifs is 3. The van der Waals surface area contributed by atoms with Gasteiger partial charge in [-0.3, -0.25) is 0 Å². The Kier molecular flexibility index (Phi) is 10.0. The minimum atomic E-state index is -4.73. The van der Waals surface area contributed by atoms with Crippen molar-refractivity contribution in [3.63, 3.8) is 0 Å². The zero-order valence-corrected chi connectivity index (χ0v) is 31.8. The van der Waals surface area contributed by atoms with E-state index in [2.05, 4.69) is 23.7 Å². The van der Waals surface area contributed by atoms with Crippen molar-refractivity contribution in [2.75, 3.05) is 26.2 Å². The number of hydrogen-bond acceptors (Lipinski definition) is 8. The second-order valence-corrected chi connectivity index (χ2v) is 18.6. The highest BCUT2D eigenvalue weighted by Gasteiger charge is 2.54. The maximum Gasteiger partial charge on any atom is 0.403 e. The number of H-pyrrole nitrogens is 1. The highest BCUT2D eigenvalue weighted by Crippen LogP contribution is 2.45. The van der Waals surface area contributed by atoms with E-state index < -0.39 is 20.0 Å². The first-order valence-corrected chi connectivity index (χ1v) is 20.7. The van der Waals surface area contributed by atoms with Gasteiger partial charge in [0.2, 0.25) is 5.69 Å². The third-order valence-corrected chi connectivity index (χ3v) is 16.9. The van der Waals surface area contributed by atoms with Crippen LogP contribution in [0.3, 0.4) is 0 Å². The molecule has 1 radical (unpaired) electrons. The van der Waals surface area contributed by atoms with Gasteiger partial charge in [0.15, 0.2) is 8.42 Å². The van der Waals surface area contributed by atoms with Crippen molar-refractivity contribution >= 4 is 103 Å². The molecule has 253 valence electrons. The molecule has 8 nitrogen and oxygen atoms in total. The smallest absolute Gasteiger partial charge is 0.372 e. The van der Waals surface area contributed by atoms with Crippen molar-refractivity contribution in [2.45, 2.75) is 49.1 Å². The van der Waals surface area contributed by atoms with Gasteiger partial charge >= 0.3 is 20.0 Å². The van der Waals surface area contributed by atoms with E-state index in [9.17, 15) is 16.8 Å². The normalized spacial score (nSPS) is 13.5. The second kappa shape index (κ2) is 13.7. The number of hydrogen-bond donors (Lipinski definition) is 1. The lowest BCUT2D eigenvalue weighted by atomic mass is 10.1. The number of rotatable bonds is 12. The summed E-state index contributed by atoms with van der Waals surface area (Å²) in [6, 6.07) is 15.3. The largest absolute Gasteiger partial charge is 0.403 e. The highest BCUT2D eigenvalue weighted by molar-refractivity contribution is 8.07. The average Bonchev–Trinajstić information content (AvgIpc) is 3.73. The van der Waals surface area contributed by atoms with Crippen molar-refractivity contribution in [2.24, 2.45) is 0 Å². The molecule has 3 aromatic heterocycles. The molecule has 6 rings (SSSR count). The first-order valence-electron chi connectivity index (χ1n) is 15.4. The Hall–Kier alpha value is -2.52. The van der Waals surface area contributed by atoms with Crippen molar-refractivity contribution in [1.82, 2.24) is 13.6 Å². The molecule has 1 unspecified atom stereocenters. The van der Waals surface area contributed by atoms with Crippen LogP contribution in [0.1, 0.15) is 43.6 Å². The number of anilines is 1. The van der Waals surface area contributed by atoms with Crippen LogP contribution in [0.5, 0.6) is 0 Å². The van der Waals surface area contributed by atoms with Crippen LogP contribution in [-0.2, 0) is 24.8 Å². The third-order valence-electron chi connectivity index (χ3n) is 8.57. The number of nitrogens with zero attached hydrogens (tertiary/aromatic N) is 2. The minimum Gasteiger partial charge on any atom is -0.372 e. The SMILES string of the molecule is CCOC(CN(CC)CC)c1c[nH]c2c([N+](S(=O)(=O)c3sc4ccc(Cl)cc4c3C)S(=O)(=O)c3sc4ccc(Cl)cc4c3C)cccc12. The number of nitrogens with one attached hydrogen (secondary N) is 1. The lowest BCUT2D eigenvalue weighted by molar-refractivity contribution is 0.0357. The molecule has 6 aromatic rings. The van der Waals surface area contributed by atoms with Crippen LogP contribution < -0.4 is 3.71 Å². The molecule has 0 fully saturated rings. The van der Waals surface area contributed by atoms with Crippen molar-refractivity contribution in [1.29, 1.82) is 0 Å². The van der Waals surface area contributed by atoms with Gasteiger partial charge in [0.1, 0.15) is 9.23 Å². The van der Waals surface area contributed by atoms with Crippen LogP contribution in [0, 0.1) is 13.8 Å². The molecule has 14 heteroatoms. The molecule has 0 saturated carbocycles. The van der Waals surface area contributed by atoms with Crippen LogP contribution in [-0.4, -0.2) is 53.0 Å². The van der Waals surface area contributed by atoms with Gasteiger partial charge in [-0.25, -0.2) is 0 Å². The van der Waals surface area contributed by atoms with Gasteiger partial charge in [0.25, 0.3) is 0 Å². The summed E-state index contributed by atoms with van der Waals surface area (Å²) in [5.74, 6) is 0. The van der Waals surface area contributed by atoms with Crippen molar-refractivity contribution < 1.29 is 21.6 Å². The van der Waals surface area contributed by atoms with Gasteiger partial charge in [0, 0.05) is 55.8 Å². The number of benzene rings is 3. The Morgan fingerprint density at radius 1 is 0.812 bits per heavy atom. The number of likely N-dealkylation sites (N-methyl/N-ethyl adjacent to an activating group) is 1. The number of aryl methyl sites for hydroxylation is 2. The fourth-order valence-corrected chi connectivity index (χ4v) is 14.0. The number of aromatic amines is 1. The molecular formula is C34H35Cl2N3O5S4+. The Labute approximate surface area is 298 Å². The molecule has 0 aliphatic rings. The maximum absolute atomic E-state index is 15.0. The standard InChI is InChI=1S/C34H35Cl2N3O5S4/c1-6-38(7-2)19-29(44-8-3)27-18-37-32-24(27)10-9-11-28(32)39(47(40,41)33-20(4)25-16-22(35)12-14-30(25)45-33)48(42,43)34-21(5)26-17-23(36)13-15-31(26)46-34/h9-18,29,37H,6-8,19H2,1-5H3/q+1. The van der Waals surface area contributed by atoms with Crippen molar-refractivity contribution in [3.8, 4) is 0 Å². The summed E-state index contributed by atoms with van der Waals surface area (Å²) in [5.41, 5.74) is 2.02. The Morgan fingerprint density at radius 3 is 1.85 bits per heavy atom. The van der Waals surface area contributed by atoms with E-state index in [0.717, 1.165) is 41.3 Å². The van der Waals surface area contributed by atoms with Crippen LogP contribution in [0.4, 0.5) is 5.69 Å². The summed E-state index contributed by atoms with van der Waals surface area (Å²) >= 11 is 14.6. The highest BCUT2D eigenvalue weighted by atomic mass is 35.5. The predicted octanol–water partition coefficient (Wildman–Crippen LogP) is 9.49. The quantitative estimate of drug-likeness (QED) is 0.125. The first-order chi connectivity index (χ1) is 22.8. The fourth-order valence-electron chi connectivity index (χ4n) is 6.11. The van der Waals surface area contributed by atoms with E-state index in [0.29, 0.717) is 69.1 Å². The summed E-state index contributed by atoms with van der Waals surface area (Å²) in [6.07, 6.45) is 1.46. The fraction of sp³-hybridized carbons (Fsp3) is 0.294. The van der Waals surface area contributed by atoms with Gasteiger partial charge in [-0.15, -0.1) is 22.7 Å². The summed E-state index contributed by atoms with van der Waals surface area (Å²) in [6.45, 7) is 12.2. The maximum atomic E-state index is 15.0. The molecule has 1 atom stereocenters. The summed E-state index contributed by atoms with van der Waals surface area (Å²) in [4.78, 5) is 5.48. The molecule has 0 saturated heterocycles. The van der Waals surface area contributed by atoms with E-state index in [1.807, 2.05) is 13.0 Å². The van der Waals surface area contributed by atoms with Gasteiger partial charge in [-0.2, -0.15) is 16.8 Å². The molecule has 0 bridgehead atoms. The van der Waals surface area contributed by atoms with Crippen molar-refractivity contribution in [3.05, 3.63) is 87.5 Å². The molecule has 3 aromatic carbocycles. The average molecular weight is 765 g/mol. The van der Waals surface area contributed by atoms with Gasteiger partial charge in [-0.05, 0) is 92.2 Å². The summed E-state index contributed by atoms with van der Waals surface area (Å²) in [5, 5.41) is 2.87. The Morgan fingerprint density at radius 2 is 1.35 bits per heavy atom. The number of sulfonamides is 2. The van der Waals surface area contributed by atoms with Crippen LogP contribution in [0.2, 0.25) is 10.0 Å². The Bertz CT molecular complexity index is 2260. The third kappa shape index (κ3) is 6.09. The molecule has 0 aliphatic carbocycles. The van der Waals surface area contributed by atoms with E-state index in [1.54, 1.807) is 62.5 Å². The minimum absolute atomic E-state index is 0.0124. The Balaban J connectivity index is 1.62. The first kappa shape index (κ1) is 35.3. The number of thiophene rings is 2. The van der Waals surface area contributed by atoms with E-state index >= 15 is 0 Å². The number of halogens is 2. The zero-order chi connectivity index (χ0) is 34.5. The lowest BCUT2D eigenvalue weighted by Gasteiger charge is -2.25. The molecule has 0 aliphatic heterocycles. The van der Waals surface area contributed by atoms with E-state index in [1.165, 1.54) is 6.07 Å². The van der Waals surface area contributed by atoms with Crippen LogP contribution >= 0.6 is 45.9 Å². The van der Waals surface area contributed by atoms with Crippen LogP contribution in [0.15, 0.2) is 69.2 Å². The molecule has 3 heterocycles. The number of ether oxygens (including phenoxy) is 1. The molecular weight excluding hydrogens is 730 g/mol.